The third-order valence-corrected chi connectivity index (χ3v) is 12.9. The fourth-order valence-electron chi connectivity index (χ4n) is 4.82. The smallest absolute Gasteiger partial charge is 0.257 e. The summed E-state index contributed by atoms with van der Waals surface area (Å²) < 4.78 is 0. The molecule has 0 saturated carbocycles. The highest BCUT2D eigenvalue weighted by molar-refractivity contribution is 6.90. The Bertz CT molecular complexity index is 1160. The van der Waals surface area contributed by atoms with Crippen molar-refractivity contribution >= 4 is 42.2 Å². The number of aromatic nitrogens is 1. The maximum absolute atomic E-state index is 13.3. The molecule has 3 nitrogen and oxygen atoms in total. The number of carbonyl (C=O) groups is 1. The number of hydrogen-bond donors (Lipinski definition) is 1. The first-order valence-electron chi connectivity index (χ1n) is 11.1. The summed E-state index contributed by atoms with van der Waals surface area (Å²) in [5.41, 5.74) is 7.87. The lowest BCUT2D eigenvalue weighted by Crippen LogP contribution is -2.43. The van der Waals surface area contributed by atoms with Gasteiger partial charge in [0.1, 0.15) is 8.07 Å². The molecule has 1 aromatic heterocycles. The lowest BCUT2D eigenvalue weighted by Gasteiger charge is -2.38. The van der Waals surface area contributed by atoms with E-state index in [1.54, 1.807) is 18.3 Å². The minimum atomic E-state index is -1.93. The molecule has 0 bridgehead atoms. The number of fused-ring (bicyclic) bond motifs is 1. The first-order valence-corrected chi connectivity index (χ1v) is 13.8. The standard InChI is InChI=1S/C27H31ClN2OSi/c1-18(2)32(19(3)4,20(5)6)16-14-21-12-13-23(28)17-24(21)27(31)30-25-11-7-9-22-10-8-15-29-26(22)25/h7-13,15,17-20H,1-6H3,(H,30,31). The zero-order valence-corrected chi connectivity index (χ0v) is 21.4. The normalized spacial score (nSPS) is 11.7. The van der Waals surface area contributed by atoms with E-state index in [2.05, 4.69) is 63.3 Å². The SMILES string of the molecule is CC(C)[Si](C#Cc1ccc(Cl)cc1C(=O)Nc1cccc2cccnc12)(C(C)C)C(C)C. The first kappa shape index (κ1) is 24.0. The second-order valence-corrected chi connectivity index (χ2v) is 15.2. The quantitative estimate of drug-likeness (QED) is 0.311. The molecule has 1 heterocycles. The number of para-hydroxylation sites is 1. The van der Waals surface area contributed by atoms with E-state index >= 15 is 0 Å². The van der Waals surface area contributed by atoms with Gasteiger partial charge in [-0.1, -0.05) is 77.3 Å². The number of carbonyl (C=O) groups excluding carboxylic acids is 1. The molecule has 0 radical (unpaired) electrons. The fourth-order valence-corrected chi connectivity index (χ4v) is 10.2. The molecule has 32 heavy (non-hydrogen) atoms. The van der Waals surface area contributed by atoms with Crippen molar-refractivity contribution in [2.45, 2.75) is 58.2 Å². The number of amides is 1. The average molecular weight is 463 g/mol. The summed E-state index contributed by atoms with van der Waals surface area (Å²) in [6.07, 6.45) is 1.72. The van der Waals surface area contributed by atoms with Crippen molar-refractivity contribution in [3.8, 4) is 11.5 Å². The second-order valence-electron chi connectivity index (χ2n) is 9.17. The highest BCUT2D eigenvalue weighted by Gasteiger charge is 2.41. The molecule has 5 heteroatoms. The lowest BCUT2D eigenvalue weighted by molar-refractivity contribution is 0.102. The number of anilines is 1. The number of nitrogens with zero attached hydrogens (tertiary/aromatic N) is 1. The zero-order chi connectivity index (χ0) is 23.5. The number of rotatable bonds is 5. The highest BCUT2D eigenvalue weighted by atomic mass is 35.5. The van der Waals surface area contributed by atoms with Gasteiger partial charge in [0.25, 0.3) is 5.91 Å². The zero-order valence-electron chi connectivity index (χ0n) is 19.7. The van der Waals surface area contributed by atoms with Crippen LogP contribution in [0.3, 0.4) is 0 Å². The minimum absolute atomic E-state index is 0.235. The molecule has 3 aromatic rings. The van der Waals surface area contributed by atoms with E-state index in [1.807, 2.05) is 36.4 Å². The van der Waals surface area contributed by atoms with Gasteiger partial charge in [0, 0.05) is 22.2 Å². The molecule has 0 fully saturated rings. The Labute approximate surface area is 197 Å². The largest absolute Gasteiger partial charge is 0.320 e. The van der Waals surface area contributed by atoms with Crippen LogP contribution in [-0.2, 0) is 0 Å². The Hall–Kier alpha value is -2.61. The van der Waals surface area contributed by atoms with Crippen LogP contribution in [0, 0.1) is 11.5 Å². The van der Waals surface area contributed by atoms with Gasteiger partial charge < -0.3 is 5.32 Å². The predicted molar refractivity (Wildman–Crippen MR) is 139 cm³/mol. The summed E-state index contributed by atoms with van der Waals surface area (Å²) in [6, 6.07) is 14.9. The van der Waals surface area contributed by atoms with Gasteiger partial charge in [-0.25, -0.2) is 0 Å². The van der Waals surface area contributed by atoms with E-state index in [9.17, 15) is 4.79 Å². The Kier molecular flexibility index (Phi) is 7.43. The van der Waals surface area contributed by atoms with E-state index in [1.165, 1.54) is 0 Å². The molecular weight excluding hydrogens is 432 g/mol. The Morgan fingerprint density at radius 2 is 1.62 bits per heavy atom. The summed E-state index contributed by atoms with van der Waals surface area (Å²) in [7, 11) is -1.93. The van der Waals surface area contributed by atoms with Crippen LogP contribution in [0.1, 0.15) is 57.5 Å². The molecule has 2 aromatic carbocycles. The maximum atomic E-state index is 13.3. The summed E-state index contributed by atoms with van der Waals surface area (Å²) in [4.78, 5) is 17.7. The van der Waals surface area contributed by atoms with E-state index in [0.717, 1.165) is 10.9 Å². The van der Waals surface area contributed by atoms with E-state index in [4.69, 9.17) is 11.6 Å². The van der Waals surface area contributed by atoms with Gasteiger partial charge in [-0.05, 0) is 47.0 Å². The number of pyridine rings is 1. The van der Waals surface area contributed by atoms with Crippen LogP contribution in [0.15, 0.2) is 54.7 Å². The van der Waals surface area contributed by atoms with Crippen molar-refractivity contribution in [3.63, 3.8) is 0 Å². The third-order valence-electron chi connectivity index (χ3n) is 6.39. The van der Waals surface area contributed by atoms with Crippen molar-refractivity contribution in [1.82, 2.24) is 4.98 Å². The Morgan fingerprint density at radius 3 is 2.28 bits per heavy atom. The molecule has 166 valence electrons. The minimum Gasteiger partial charge on any atom is -0.320 e. The van der Waals surface area contributed by atoms with Gasteiger partial charge in [-0.15, -0.1) is 5.54 Å². The van der Waals surface area contributed by atoms with Crippen molar-refractivity contribution in [1.29, 1.82) is 0 Å². The van der Waals surface area contributed by atoms with Crippen LogP contribution in [0.25, 0.3) is 10.9 Å². The number of benzene rings is 2. The lowest BCUT2D eigenvalue weighted by atomic mass is 10.1. The van der Waals surface area contributed by atoms with Gasteiger partial charge in [0.2, 0.25) is 0 Å². The molecule has 0 unspecified atom stereocenters. The maximum Gasteiger partial charge on any atom is 0.257 e. The van der Waals surface area contributed by atoms with Gasteiger partial charge in [0.05, 0.1) is 16.8 Å². The highest BCUT2D eigenvalue weighted by Crippen LogP contribution is 2.40. The molecular formula is C27H31ClN2OSi. The number of hydrogen-bond acceptors (Lipinski definition) is 2. The average Bonchev–Trinajstić information content (AvgIpc) is 2.74. The van der Waals surface area contributed by atoms with Crippen molar-refractivity contribution in [3.05, 3.63) is 70.9 Å². The Balaban J connectivity index is 2.04. The van der Waals surface area contributed by atoms with Crippen LogP contribution in [0.5, 0.6) is 0 Å². The van der Waals surface area contributed by atoms with Gasteiger partial charge >= 0.3 is 0 Å². The first-order chi connectivity index (χ1) is 15.2. The summed E-state index contributed by atoms with van der Waals surface area (Å²) in [5.74, 6) is 3.17. The van der Waals surface area contributed by atoms with Crippen LogP contribution >= 0.6 is 11.6 Å². The number of nitrogens with one attached hydrogen (secondary N) is 1. The van der Waals surface area contributed by atoms with E-state index in [0.29, 0.717) is 38.5 Å². The van der Waals surface area contributed by atoms with Gasteiger partial charge in [0.15, 0.2) is 0 Å². The van der Waals surface area contributed by atoms with Crippen LogP contribution in [0.4, 0.5) is 5.69 Å². The molecule has 3 rings (SSSR count). The van der Waals surface area contributed by atoms with Crippen LogP contribution in [0.2, 0.25) is 21.6 Å². The van der Waals surface area contributed by atoms with Gasteiger partial charge in [-0.3, -0.25) is 9.78 Å². The monoisotopic (exact) mass is 462 g/mol. The van der Waals surface area contributed by atoms with Crippen LogP contribution in [-0.4, -0.2) is 19.0 Å². The fraction of sp³-hybridized carbons (Fsp3) is 0.333. The van der Waals surface area contributed by atoms with E-state index in [-0.39, 0.29) is 5.91 Å². The number of halogens is 1. The van der Waals surface area contributed by atoms with Crippen LogP contribution < -0.4 is 5.32 Å². The summed E-state index contributed by atoms with van der Waals surface area (Å²) >= 11 is 6.27. The predicted octanol–water partition coefficient (Wildman–Crippen LogP) is 7.71. The molecule has 0 spiro atoms. The third kappa shape index (κ3) is 4.75. The van der Waals surface area contributed by atoms with Crippen molar-refractivity contribution in [2.75, 3.05) is 5.32 Å². The molecule has 0 aliphatic carbocycles. The molecule has 1 amide bonds. The molecule has 0 aliphatic rings. The van der Waals surface area contributed by atoms with E-state index < -0.39 is 8.07 Å². The molecule has 0 aliphatic heterocycles. The second kappa shape index (κ2) is 9.89. The topological polar surface area (TPSA) is 42.0 Å². The van der Waals surface area contributed by atoms with Crippen molar-refractivity contribution < 1.29 is 4.79 Å². The Morgan fingerprint density at radius 1 is 0.969 bits per heavy atom. The molecule has 1 N–H and O–H groups in total. The summed E-state index contributed by atoms with van der Waals surface area (Å²) in [6.45, 7) is 13.7. The summed E-state index contributed by atoms with van der Waals surface area (Å²) in [5, 5.41) is 4.50. The van der Waals surface area contributed by atoms with Crippen molar-refractivity contribution in [2.24, 2.45) is 0 Å². The molecule has 0 saturated heterocycles. The molecule has 0 atom stereocenters. The van der Waals surface area contributed by atoms with Gasteiger partial charge in [-0.2, -0.15) is 0 Å².